The van der Waals surface area contributed by atoms with Gasteiger partial charge in [0.1, 0.15) is 0 Å². The van der Waals surface area contributed by atoms with E-state index in [9.17, 15) is 4.79 Å². The number of piperidine rings is 1. The molecule has 2 saturated heterocycles. The highest BCUT2D eigenvalue weighted by Gasteiger charge is 2.37. The molecule has 0 aromatic heterocycles. The topological polar surface area (TPSA) is 41.1 Å². The van der Waals surface area contributed by atoms with Crippen molar-refractivity contribution in [2.75, 3.05) is 0 Å². The Balaban J connectivity index is 1.71. The molecule has 2 fully saturated rings. The Hall–Kier alpha value is -1.35. The predicted octanol–water partition coefficient (Wildman–Crippen LogP) is 2.67. The van der Waals surface area contributed by atoms with Crippen LogP contribution >= 0.6 is 0 Å². The van der Waals surface area contributed by atoms with Crippen LogP contribution in [0, 0.1) is 6.92 Å². The van der Waals surface area contributed by atoms with E-state index in [2.05, 4.69) is 29.7 Å². The first-order valence-electron chi connectivity index (χ1n) is 8.10. The second-order valence-corrected chi connectivity index (χ2v) is 7.22. The van der Waals surface area contributed by atoms with Gasteiger partial charge in [-0.3, -0.25) is 4.79 Å². The van der Waals surface area contributed by atoms with E-state index in [-0.39, 0.29) is 5.91 Å². The van der Waals surface area contributed by atoms with Crippen molar-refractivity contribution in [3.8, 4) is 0 Å². The Labute approximate surface area is 127 Å². The predicted molar refractivity (Wildman–Crippen MR) is 85.3 cm³/mol. The molecule has 0 spiro atoms. The summed E-state index contributed by atoms with van der Waals surface area (Å²) in [6.45, 7) is 6.13. The van der Waals surface area contributed by atoms with E-state index in [0.29, 0.717) is 18.1 Å². The molecule has 114 valence electrons. The lowest BCUT2D eigenvalue weighted by Crippen LogP contribution is -2.51. The third-order valence-corrected chi connectivity index (χ3v) is 5.19. The third-order valence-electron chi connectivity index (χ3n) is 5.19. The van der Waals surface area contributed by atoms with E-state index in [4.69, 9.17) is 0 Å². The van der Waals surface area contributed by atoms with Gasteiger partial charge in [0.2, 0.25) is 5.91 Å². The average Bonchev–Trinajstić information content (AvgIpc) is 2.78. The number of carbonyl (C=O) groups excluding carboxylic acids is 1. The Morgan fingerprint density at radius 1 is 1.19 bits per heavy atom. The van der Waals surface area contributed by atoms with Crippen molar-refractivity contribution >= 4 is 5.91 Å². The molecule has 2 atom stereocenters. The molecule has 0 aliphatic carbocycles. The van der Waals surface area contributed by atoms with Crippen LogP contribution < -0.4 is 10.6 Å². The summed E-state index contributed by atoms with van der Waals surface area (Å²) in [5, 5.41) is 6.93. The molecule has 21 heavy (non-hydrogen) atoms. The molecule has 2 heterocycles. The lowest BCUT2D eigenvalue weighted by atomic mass is 9.80. The lowest BCUT2D eigenvalue weighted by molar-refractivity contribution is -0.126. The molecule has 2 bridgehead atoms. The van der Waals surface area contributed by atoms with Crippen LogP contribution in [-0.2, 0) is 10.2 Å². The number of amides is 1. The fraction of sp³-hybridized carbons (Fsp3) is 0.611. The second kappa shape index (κ2) is 5.45. The minimum Gasteiger partial charge on any atom is -0.352 e. The van der Waals surface area contributed by atoms with Crippen LogP contribution in [0.4, 0.5) is 0 Å². The van der Waals surface area contributed by atoms with Gasteiger partial charge in [-0.05, 0) is 57.6 Å². The smallest absolute Gasteiger partial charge is 0.230 e. The van der Waals surface area contributed by atoms with Gasteiger partial charge in [-0.15, -0.1) is 0 Å². The average molecular weight is 286 g/mol. The van der Waals surface area contributed by atoms with Crippen LogP contribution in [0.1, 0.15) is 50.7 Å². The molecule has 2 unspecified atom stereocenters. The van der Waals surface area contributed by atoms with Gasteiger partial charge in [0.25, 0.3) is 0 Å². The summed E-state index contributed by atoms with van der Waals surface area (Å²) < 4.78 is 0. The van der Waals surface area contributed by atoms with Crippen molar-refractivity contribution in [3.63, 3.8) is 0 Å². The highest BCUT2D eigenvalue weighted by molar-refractivity contribution is 5.88. The monoisotopic (exact) mass is 286 g/mol. The largest absolute Gasteiger partial charge is 0.352 e. The summed E-state index contributed by atoms with van der Waals surface area (Å²) >= 11 is 0. The van der Waals surface area contributed by atoms with Gasteiger partial charge in [0, 0.05) is 18.1 Å². The summed E-state index contributed by atoms with van der Waals surface area (Å²) in [7, 11) is 0. The molecule has 1 aromatic rings. The molecule has 2 aliphatic heterocycles. The van der Waals surface area contributed by atoms with Crippen molar-refractivity contribution in [2.45, 2.75) is 70.0 Å². The Morgan fingerprint density at radius 2 is 1.81 bits per heavy atom. The number of hydrogen-bond acceptors (Lipinski definition) is 2. The summed E-state index contributed by atoms with van der Waals surface area (Å²) in [4.78, 5) is 12.8. The first kappa shape index (κ1) is 14.6. The number of rotatable bonds is 3. The number of hydrogen-bond donors (Lipinski definition) is 2. The van der Waals surface area contributed by atoms with E-state index in [1.54, 1.807) is 0 Å². The highest BCUT2D eigenvalue weighted by atomic mass is 16.2. The maximum absolute atomic E-state index is 12.8. The quantitative estimate of drug-likeness (QED) is 0.897. The molecule has 1 aromatic carbocycles. The fourth-order valence-electron chi connectivity index (χ4n) is 3.94. The Bertz CT molecular complexity index is 526. The Kier molecular flexibility index (Phi) is 3.78. The van der Waals surface area contributed by atoms with Crippen LogP contribution in [0.5, 0.6) is 0 Å². The van der Waals surface area contributed by atoms with Crippen LogP contribution in [0.2, 0.25) is 0 Å². The number of carbonyl (C=O) groups is 1. The molecule has 0 radical (unpaired) electrons. The molecule has 3 rings (SSSR count). The highest BCUT2D eigenvalue weighted by Crippen LogP contribution is 2.30. The summed E-state index contributed by atoms with van der Waals surface area (Å²) in [6, 6.07) is 9.74. The lowest BCUT2D eigenvalue weighted by Gasteiger charge is -2.33. The maximum atomic E-state index is 12.8. The van der Waals surface area contributed by atoms with Gasteiger partial charge in [-0.25, -0.2) is 0 Å². The molecular formula is C18H26N2O. The van der Waals surface area contributed by atoms with E-state index < -0.39 is 5.41 Å². The molecule has 0 saturated carbocycles. The molecule has 3 heteroatoms. The zero-order chi connectivity index (χ0) is 15.0. The maximum Gasteiger partial charge on any atom is 0.230 e. The summed E-state index contributed by atoms with van der Waals surface area (Å²) in [5.74, 6) is 0.156. The second-order valence-electron chi connectivity index (χ2n) is 7.22. The van der Waals surface area contributed by atoms with Crippen molar-refractivity contribution in [1.29, 1.82) is 0 Å². The normalized spacial score (nSPS) is 28.4. The van der Waals surface area contributed by atoms with Crippen LogP contribution in [0.3, 0.4) is 0 Å². The number of nitrogens with one attached hydrogen (secondary N) is 2. The van der Waals surface area contributed by atoms with Gasteiger partial charge < -0.3 is 10.6 Å². The van der Waals surface area contributed by atoms with E-state index in [1.807, 2.05) is 26.0 Å². The fourth-order valence-corrected chi connectivity index (χ4v) is 3.94. The molecule has 3 nitrogen and oxygen atoms in total. The molecular weight excluding hydrogens is 260 g/mol. The molecule has 1 amide bonds. The zero-order valence-electron chi connectivity index (χ0n) is 13.3. The first-order valence-corrected chi connectivity index (χ1v) is 8.10. The standard InChI is InChI=1S/C18H26N2O/c1-12-6-4-5-7-16(12)18(2,3)17(21)20-15-10-13-8-9-14(11-15)19-13/h4-7,13-15,19H,8-11H2,1-3H3,(H,20,21). The zero-order valence-corrected chi connectivity index (χ0v) is 13.3. The number of aryl methyl sites for hydroxylation is 1. The van der Waals surface area contributed by atoms with Gasteiger partial charge in [0.15, 0.2) is 0 Å². The summed E-state index contributed by atoms with van der Waals surface area (Å²) in [6.07, 6.45) is 4.68. The van der Waals surface area contributed by atoms with Gasteiger partial charge in [-0.1, -0.05) is 24.3 Å². The van der Waals surface area contributed by atoms with Crippen molar-refractivity contribution in [2.24, 2.45) is 0 Å². The minimum absolute atomic E-state index is 0.156. The van der Waals surface area contributed by atoms with Crippen molar-refractivity contribution in [3.05, 3.63) is 35.4 Å². The van der Waals surface area contributed by atoms with Gasteiger partial charge in [0.05, 0.1) is 5.41 Å². The van der Waals surface area contributed by atoms with Gasteiger partial charge in [-0.2, -0.15) is 0 Å². The third kappa shape index (κ3) is 2.84. The summed E-state index contributed by atoms with van der Waals surface area (Å²) in [5.41, 5.74) is 1.83. The van der Waals surface area contributed by atoms with E-state index >= 15 is 0 Å². The number of fused-ring (bicyclic) bond motifs is 2. The number of benzene rings is 1. The molecule has 2 aliphatic rings. The van der Waals surface area contributed by atoms with Crippen LogP contribution in [0.15, 0.2) is 24.3 Å². The molecule has 2 N–H and O–H groups in total. The van der Waals surface area contributed by atoms with E-state index in [0.717, 1.165) is 18.4 Å². The van der Waals surface area contributed by atoms with Crippen LogP contribution in [-0.4, -0.2) is 24.0 Å². The van der Waals surface area contributed by atoms with E-state index in [1.165, 1.54) is 18.4 Å². The first-order chi connectivity index (χ1) is 9.96. The SMILES string of the molecule is Cc1ccccc1C(C)(C)C(=O)NC1CC2CCC(C1)N2. The van der Waals surface area contributed by atoms with Crippen LogP contribution in [0.25, 0.3) is 0 Å². The minimum atomic E-state index is -0.477. The Morgan fingerprint density at radius 3 is 2.43 bits per heavy atom. The van der Waals surface area contributed by atoms with Crippen molar-refractivity contribution in [1.82, 2.24) is 10.6 Å². The van der Waals surface area contributed by atoms with Gasteiger partial charge >= 0.3 is 0 Å². The van der Waals surface area contributed by atoms with Crippen molar-refractivity contribution < 1.29 is 4.79 Å².